The lowest BCUT2D eigenvalue weighted by Gasteiger charge is -2.05. The number of aromatic nitrogens is 2. The first-order valence-corrected chi connectivity index (χ1v) is 5.37. The van der Waals surface area contributed by atoms with E-state index in [1.165, 1.54) is 6.20 Å². The van der Waals surface area contributed by atoms with E-state index in [2.05, 4.69) is 5.10 Å². The lowest BCUT2D eigenvalue weighted by molar-refractivity contribution is 0.112. The van der Waals surface area contributed by atoms with E-state index in [0.29, 0.717) is 22.2 Å². The molecule has 0 spiro atoms. The molecule has 0 fully saturated rings. The van der Waals surface area contributed by atoms with Gasteiger partial charge in [0.2, 0.25) is 0 Å². The Hall–Kier alpha value is -1.32. The number of hydrogen-bond donors (Lipinski definition) is 0. The van der Waals surface area contributed by atoms with Crippen LogP contribution in [-0.4, -0.2) is 16.1 Å². The van der Waals surface area contributed by atoms with Gasteiger partial charge in [-0.05, 0) is 11.6 Å². The van der Waals surface area contributed by atoms with Gasteiger partial charge in [0.05, 0.1) is 28.4 Å². The monoisotopic (exact) mass is 254 g/mol. The summed E-state index contributed by atoms with van der Waals surface area (Å²) in [5, 5.41) is 5.07. The summed E-state index contributed by atoms with van der Waals surface area (Å²) in [5.41, 5.74) is 1.41. The molecule has 2 aromatic rings. The Kier molecular flexibility index (Phi) is 3.27. The molecule has 5 heteroatoms. The highest BCUT2D eigenvalue weighted by Gasteiger charge is 2.05. The molecule has 0 N–H and O–H groups in total. The van der Waals surface area contributed by atoms with E-state index in [1.54, 1.807) is 16.9 Å². The second kappa shape index (κ2) is 4.68. The van der Waals surface area contributed by atoms with Crippen molar-refractivity contribution in [1.29, 1.82) is 0 Å². The van der Waals surface area contributed by atoms with Crippen LogP contribution < -0.4 is 0 Å². The first kappa shape index (κ1) is 11.2. The number of rotatable bonds is 3. The van der Waals surface area contributed by atoms with Crippen LogP contribution in [0.25, 0.3) is 0 Å². The van der Waals surface area contributed by atoms with Crippen molar-refractivity contribution in [2.75, 3.05) is 0 Å². The third-order valence-electron chi connectivity index (χ3n) is 2.15. The van der Waals surface area contributed by atoms with Gasteiger partial charge >= 0.3 is 0 Å². The molecule has 3 nitrogen and oxygen atoms in total. The van der Waals surface area contributed by atoms with Crippen LogP contribution in [0.3, 0.4) is 0 Å². The van der Waals surface area contributed by atoms with E-state index in [-0.39, 0.29) is 0 Å². The van der Waals surface area contributed by atoms with Crippen LogP contribution in [0.15, 0.2) is 30.6 Å². The van der Waals surface area contributed by atoms with Crippen LogP contribution in [0.4, 0.5) is 0 Å². The number of benzene rings is 1. The summed E-state index contributed by atoms with van der Waals surface area (Å²) >= 11 is 11.9. The molecule has 0 aliphatic carbocycles. The molecule has 1 heterocycles. The number of aldehydes is 1. The van der Waals surface area contributed by atoms with Crippen molar-refractivity contribution in [2.45, 2.75) is 6.54 Å². The van der Waals surface area contributed by atoms with Crippen LogP contribution in [-0.2, 0) is 6.54 Å². The molecule has 82 valence electrons. The highest BCUT2D eigenvalue weighted by molar-refractivity contribution is 6.42. The van der Waals surface area contributed by atoms with Crippen LogP contribution in [0.5, 0.6) is 0 Å². The average molecular weight is 255 g/mol. The number of carbonyl (C=O) groups excluding carboxylic acids is 1. The molecule has 0 unspecified atom stereocenters. The van der Waals surface area contributed by atoms with Gasteiger partial charge in [0.25, 0.3) is 0 Å². The van der Waals surface area contributed by atoms with Gasteiger partial charge in [0.15, 0.2) is 6.29 Å². The predicted octanol–water partition coefficient (Wildman–Crippen LogP) is 3.05. The summed E-state index contributed by atoms with van der Waals surface area (Å²) in [6.45, 7) is 0.493. The second-order valence-corrected chi connectivity index (χ2v) is 4.09. The largest absolute Gasteiger partial charge is 0.298 e. The number of nitrogens with zero attached hydrogens (tertiary/aromatic N) is 2. The first-order chi connectivity index (χ1) is 7.70. The van der Waals surface area contributed by atoms with Gasteiger partial charge in [-0.1, -0.05) is 35.3 Å². The topological polar surface area (TPSA) is 34.9 Å². The Balaban J connectivity index is 2.26. The number of halogens is 2. The maximum absolute atomic E-state index is 10.5. The summed E-state index contributed by atoms with van der Waals surface area (Å²) in [6.07, 6.45) is 3.92. The lowest BCUT2D eigenvalue weighted by atomic mass is 10.2. The van der Waals surface area contributed by atoms with E-state index < -0.39 is 0 Å². The highest BCUT2D eigenvalue weighted by Crippen LogP contribution is 2.25. The normalized spacial score (nSPS) is 10.4. The van der Waals surface area contributed by atoms with Gasteiger partial charge in [-0.2, -0.15) is 5.10 Å². The molecule has 2 rings (SSSR count). The van der Waals surface area contributed by atoms with Crippen molar-refractivity contribution in [2.24, 2.45) is 0 Å². The zero-order valence-corrected chi connectivity index (χ0v) is 9.74. The zero-order valence-electron chi connectivity index (χ0n) is 8.23. The maximum Gasteiger partial charge on any atom is 0.153 e. The van der Waals surface area contributed by atoms with Crippen molar-refractivity contribution in [3.63, 3.8) is 0 Å². The van der Waals surface area contributed by atoms with E-state index in [1.807, 2.05) is 12.1 Å². The molecular formula is C11H8Cl2N2O. The third-order valence-corrected chi connectivity index (χ3v) is 3.01. The van der Waals surface area contributed by atoms with E-state index in [0.717, 1.165) is 11.8 Å². The van der Waals surface area contributed by atoms with Gasteiger partial charge in [-0.3, -0.25) is 9.48 Å². The lowest BCUT2D eigenvalue weighted by Crippen LogP contribution is -2.00. The molecule has 0 saturated carbocycles. The van der Waals surface area contributed by atoms with Crippen molar-refractivity contribution < 1.29 is 4.79 Å². The van der Waals surface area contributed by atoms with Gasteiger partial charge < -0.3 is 0 Å². The molecule has 0 atom stereocenters. The van der Waals surface area contributed by atoms with Crippen molar-refractivity contribution in [3.8, 4) is 0 Å². The molecule has 1 aromatic carbocycles. The van der Waals surface area contributed by atoms with Gasteiger partial charge in [0.1, 0.15) is 0 Å². The molecule has 0 radical (unpaired) electrons. The molecule has 0 saturated heterocycles. The summed E-state index contributed by atoms with van der Waals surface area (Å²) in [6, 6.07) is 5.43. The van der Waals surface area contributed by atoms with Crippen molar-refractivity contribution in [3.05, 3.63) is 51.8 Å². The molecular weight excluding hydrogens is 247 g/mol. The number of hydrogen-bond acceptors (Lipinski definition) is 2. The Bertz CT molecular complexity index is 522. The molecule has 0 bridgehead atoms. The smallest absolute Gasteiger partial charge is 0.153 e. The SMILES string of the molecule is O=Cc1cnn(Cc2cccc(Cl)c2Cl)c1. The Morgan fingerprint density at radius 3 is 2.88 bits per heavy atom. The molecule has 0 amide bonds. The minimum absolute atomic E-state index is 0.493. The molecule has 1 aromatic heterocycles. The van der Waals surface area contributed by atoms with E-state index in [4.69, 9.17) is 23.2 Å². The van der Waals surface area contributed by atoms with E-state index >= 15 is 0 Å². The predicted molar refractivity (Wildman–Crippen MR) is 63.2 cm³/mol. The molecule has 16 heavy (non-hydrogen) atoms. The fourth-order valence-corrected chi connectivity index (χ4v) is 1.75. The highest BCUT2D eigenvalue weighted by atomic mass is 35.5. The maximum atomic E-state index is 10.5. The zero-order chi connectivity index (χ0) is 11.5. The minimum atomic E-state index is 0.493. The van der Waals surface area contributed by atoms with Crippen molar-refractivity contribution >= 4 is 29.5 Å². The summed E-state index contributed by atoms with van der Waals surface area (Å²) < 4.78 is 1.64. The summed E-state index contributed by atoms with van der Waals surface area (Å²) in [7, 11) is 0. The van der Waals surface area contributed by atoms with Gasteiger partial charge in [-0.25, -0.2) is 0 Å². The van der Waals surface area contributed by atoms with Gasteiger partial charge in [-0.15, -0.1) is 0 Å². The summed E-state index contributed by atoms with van der Waals surface area (Å²) in [5.74, 6) is 0. The van der Waals surface area contributed by atoms with Crippen LogP contribution in [0.1, 0.15) is 15.9 Å². The van der Waals surface area contributed by atoms with Crippen LogP contribution >= 0.6 is 23.2 Å². The van der Waals surface area contributed by atoms with E-state index in [9.17, 15) is 4.79 Å². The number of carbonyl (C=O) groups is 1. The summed E-state index contributed by atoms with van der Waals surface area (Å²) in [4.78, 5) is 10.5. The van der Waals surface area contributed by atoms with Crippen molar-refractivity contribution in [1.82, 2.24) is 9.78 Å². The fraction of sp³-hybridized carbons (Fsp3) is 0.0909. The quantitative estimate of drug-likeness (QED) is 0.790. The Labute approximate surface area is 103 Å². The second-order valence-electron chi connectivity index (χ2n) is 3.30. The van der Waals surface area contributed by atoms with Crippen LogP contribution in [0, 0.1) is 0 Å². The van der Waals surface area contributed by atoms with Crippen LogP contribution in [0.2, 0.25) is 10.0 Å². The molecule has 0 aliphatic heterocycles. The Morgan fingerprint density at radius 1 is 1.38 bits per heavy atom. The third kappa shape index (κ3) is 2.26. The fourth-order valence-electron chi connectivity index (χ4n) is 1.37. The molecule has 0 aliphatic rings. The average Bonchev–Trinajstić information content (AvgIpc) is 2.73. The van der Waals surface area contributed by atoms with Gasteiger partial charge in [0, 0.05) is 6.20 Å². The Morgan fingerprint density at radius 2 is 2.19 bits per heavy atom. The first-order valence-electron chi connectivity index (χ1n) is 4.61. The minimum Gasteiger partial charge on any atom is -0.298 e. The standard InChI is InChI=1S/C11H8Cl2N2O/c12-10-3-1-2-9(11(10)13)6-15-5-8(7-16)4-14-15/h1-5,7H,6H2.